The highest BCUT2D eigenvalue weighted by molar-refractivity contribution is 5.23. The molecule has 0 saturated carbocycles. The molecule has 1 rings (SSSR count). The molecule has 0 aliphatic rings. The molecule has 1 aromatic carbocycles. The topological polar surface area (TPSA) is 9.23 Å². The van der Waals surface area contributed by atoms with E-state index in [-0.39, 0.29) is 0 Å². The maximum absolute atomic E-state index is 5.88. The molecule has 0 amide bonds. The summed E-state index contributed by atoms with van der Waals surface area (Å²) in [5.41, 5.74) is 0. The van der Waals surface area contributed by atoms with E-state index in [2.05, 4.69) is 19.9 Å². The summed E-state index contributed by atoms with van der Waals surface area (Å²) in [6.07, 6.45) is 7.96. The highest BCUT2D eigenvalue weighted by Gasteiger charge is 1.99. The van der Waals surface area contributed by atoms with E-state index in [4.69, 9.17) is 4.74 Å². The molecule has 0 aliphatic heterocycles. The Labute approximate surface area is 99.1 Å². The van der Waals surface area contributed by atoms with Crippen LogP contribution in [0.1, 0.15) is 46.0 Å². The van der Waals surface area contributed by atoms with E-state index >= 15 is 0 Å². The van der Waals surface area contributed by atoms with Gasteiger partial charge in [-0.15, -0.1) is 0 Å². The fourth-order valence-corrected chi connectivity index (χ4v) is 1.49. The van der Waals surface area contributed by atoms with Gasteiger partial charge in [-0.05, 0) is 31.1 Å². The van der Waals surface area contributed by atoms with Crippen LogP contribution in [0.15, 0.2) is 42.2 Å². The van der Waals surface area contributed by atoms with Crippen LogP contribution in [0.3, 0.4) is 0 Å². The molecule has 0 bridgehead atoms. The number of hydrogen-bond acceptors (Lipinski definition) is 1. The first-order chi connectivity index (χ1) is 7.86. The number of unbranched alkanes of at least 4 members (excludes halogenated alkanes) is 2. The van der Waals surface area contributed by atoms with Gasteiger partial charge in [0.15, 0.2) is 0 Å². The van der Waals surface area contributed by atoms with Crippen molar-refractivity contribution < 1.29 is 4.74 Å². The Morgan fingerprint density at radius 3 is 2.50 bits per heavy atom. The molecule has 0 fully saturated rings. The predicted molar refractivity (Wildman–Crippen MR) is 69.6 cm³/mol. The summed E-state index contributed by atoms with van der Waals surface area (Å²) >= 11 is 0. The Kier molecular flexibility index (Phi) is 6.39. The summed E-state index contributed by atoms with van der Waals surface area (Å²) in [4.78, 5) is 0. The zero-order chi connectivity index (χ0) is 11.6. The summed E-state index contributed by atoms with van der Waals surface area (Å²) < 4.78 is 5.88. The molecule has 0 saturated heterocycles. The number of ether oxygens (including phenoxy) is 1. The Morgan fingerprint density at radius 2 is 1.88 bits per heavy atom. The van der Waals surface area contributed by atoms with Crippen LogP contribution in [0.5, 0.6) is 5.75 Å². The van der Waals surface area contributed by atoms with Crippen LogP contribution >= 0.6 is 0 Å². The molecule has 0 aliphatic carbocycles. The molecule has 1 aromatic rings. The summed E-state index contributed by atoms with van der Waals surface area (Å²) in [6.45, 7) is 4.40. The molecule has 1 heteroatoms. The second-order valence-electron chi connectivity index (χ2n) is 3.98. The van der Waals surface area contributed by atoms with E-state index in [0.717, 1.165) is 24.4 Å². The average molecular weight is 218 g/mol. The maximum atomic E-state index is 5.88. The zero-order valence-electron chi connectivity index (χ0n) is 10.4. The Balaban J connectivity index is 2.56. The van der Waals surface area contributed by atoms with Gasteiger partial charge in [-0.25, -0.2) is 0 Å². The SMILES string of the molecule is CCC/C=C(\CCCC)Oc1ccccc1. The molecule has 88 valence electrons. The smallest absolute Gasteiger partial charge is 0.126 e. The largest absolute Gasteiger partial charge is 0.462 e. The monoisotopic (exact) mass is 218 g/mol. The van der Waals surface area contributed by atoms with Crippen LogP contribution in [0.2, 0.25) is 0 Å². The van der Waals surface area contributed by atoms with Crippen LogP contribution in [-0.2, 0) is 0 Å². The first kappa shape index (κ1) is 12.8. The molecule has 0 radical (unpaired) electrons. The van der Waals surface area contributed by atoms with Gasteiger partial charge in [0.05, 0.1) is 0 Å². The number of rotatable bonds is 7. The minimum Gasteiger partial charge on any atom is -0.462 e. The first-order valence-electron chi connectivity index (χ1n) is 6.28. The van der Waals surface area contributed by atoms with Crippen molar-refractivity contribution in [2.75, 3.05) is 0 Å². The number of benzene rings is 1. The molecular formula is C15H22O. The minimum atomic E-state index is 0.945. The van der Waals surface area contributed by atoms with Crippen molar-refractivity contribution in [3.8, 4) is 5.75 Å². The maximum Gasteiger partial charge on any atom is 0.126 e. The number of allylic oxidation sites excluding steroid dienone is 2. The normalized spacial score (nSPS) is 11.5. The third-order valence-corrected chi connectivity index (χ3v) is 2.43. The molecule has 0 atom stereocenters. The van der Waals surface area contributed by atoms with Gasteiger partial charge in [0.2, 0.25) is 0 Å². The number of para-hydroxylation sites is 1. The summed E-state index contributed by atoms with van der Waals surface area (Å²) in [7, 11) is 0. The Hall–Kier alpha value is -1.24. The van der Waals surface area contributed by atoms with Gasteiger partial charge in [-0.3, -0.25) is 0 Å². The van der Waals surface area contributed by atoms with E-state index in [1.54, 1.807) is 0 Å². The van der Waals surface area contributed by atoms with Crippen LogP contribution in [0, 0.1) is 0 Å². The van der Waals surface area contributed by atoms with E-state index in [1.165, 1.54) is 19.3 Å². The van der Waals surface area contributed by atoms with Gasteiger partial charge >= 0.3 is 0 Å². The van der Waals surface area contributed by atoms with Crippen molar-refractivity contribution in [3.63, 3.8) is 0 Å². The average Bonchev–Trinajstić information content (AvgIpc) is 2.34. The van der Waals surface area contributed by atoms with Crippen molar-refractivity contribution in [3.05, 3.63) is 42.2 Å². The minimum absolute atomic E-state index is 0.945. The molecule has 0 N–H and O–H groups in total. The van der Waals surface area contributed by atoms with Crippen LogP contribution in [0.4, 0.5) is 0 Å². The standard InChI is InChI=1S/C15H22O/c1-3-5-10-14(11-6-4-2)16-15-12-8-7-9-13-15/h7-10,12-13H,3-6,11H2,1-2H3/b14-10+. The lowest BCUT2D eigenvalue weighted by Gasteiger charge is -2.09. The quantitative estimate of drug-likeness (QED) is 0.589. The van der Waals surface area contributed by atoms with Gasteiger partial charge in [-0.1, -0.05) is 44.9 Å². The van der Waals surface area contributed by atoms with E-state index < -0.39 is 0 Å². The van der Waals surface area contributed by atoms with Crippen LogP contribution < -0.4 is 4.74 Å². The molecule has 1 nitrogen and oxygen atoms in total. The first-order valence-corrected chi connectivity index (χ1v) is 6.28. The highest BCUT2D eigenvalue weighted by atomic mass is 16.5. The summed E-state index contributed by atoms with van der Waals surface area (Å²) in [5, 5.41) is 0. The molecule has 0 spiro atoms. The van der Waals surface area contributed by atoms with E-state index in [9.17, 15) is 0 Å². The third-order valence-electron chi connectivity index (χ3n) is 2.43. The van der Waals surface area contributed by atoms with Gasteiger partial charge in [0.1, 0.15) is 11.5 Å². The molecule has 16 heavy (non-hydrogen) atoms. The van der Waals surface area contributed by atoms with Crippen molar-refractivity contribution in [2.45, 2.75) is 46.0 Å². The van der Waals surface area contributed by atoms with E-state index in [1.807, 2.05) is 30.3 Å². The van der Waals surface area contributed by atoms with Crippen molar-refractivity contribution in [1.29, 1.82) is 0 Å². The van der Waals surface area contributed by atoms with Crippen LogP contribution in [0.25, 0.3) is 0 Å². The second kappa shape index (κ2) is 7.98. The second-order valence-corrected chi connectivity index (χ2v) is 3.98. The van der Waals surface area contributed by atoms with Gasteiger partial charge < -0.3 is 4.74 Å². The number of hydrogen-bond donors (Lipinski definition) is 0. The van der Waals surface area contributed by atoms with E-state index in [0.29, 0.717) is 0 Å². The molecule has 0 heterocycles. The molecular weight excluding hydrogens is 196 g/mol. The Bertz CT molecular complexity index is 300. The fraction of sp³-hybridized carbons (Fsp3) is 0.467. The highest BCUT2D eigenvalue weighted by Crippen LogP contribution is 2.17. The lowest BCUT2D eigenvalue weighted by Crippen LogP contribution is -1.95. The zero-order valence-corrected chi connectivity index (χ0v) is 10.4. The predicted octanol–water partition coefficient (Wildman–Crippen LogP) is 4.94. The molecule has 0 unspecified atom stereocenters. The lowest BCUT2D eigenvalue weighted by molar-refractivity contribution is 0.395. The van der Waals surface area contributed by atoms with Gasteiger partial charge in [0, 0.05) is 6.42 Å². The fourth-order valence-electron chi connectivity index (χ4n) is 1.49. The third kappa shape index (κ3) is 5.01. The van der Waals surface area contributed by atoms with Crippen molar-refractivity contribution >= 4 is 0 Å². The van der Waals surface area contributed by atoms with Crippen molar-refractivity contribution in [1.82, 2.24) is 0 Å². The summed E-state index contributed by atoms with van der Waals surface area (Å²) in [5.74, 6) is 2.07. The van der Waals surface area contributed by atoms with Crippen LogP contribution in [-0.4, -0.2) is 0 Å². The lowest BCUT2D eigenvalue weighted by atomic mass is 10.2. The van der Waals surface area contributed by atoms with Gasteiger partial charge in [-0.2, -0.15) is 0 Å². The van der Waals surface area contributed by atoms with Gasteiger partial charge in [0.25, 0.3) is 0 Å². The molecule has 0 aromatic heterocycles. The summed E-state index contributed by atoms with van der Waals surface area (Å²) in [6, 6.07) is 10.0. The van der Waals surface area contributed by atoms with Crippen molar-refractivity contribution in [2.24, 2.45) is 0 Å². The Morgan fingerprint density at radius 1 is 1.12 bits per heavy atom.